The lowest BCUT2D eigenvalue weighted by Crippen LogP contribution is -2.41. The van der Waals surface area contributed by atoms with Crippen LogP contribution < -0.4 is 4.74 Å². The molecule has 1 heterocycles. The summed E-state index contributed by atoms with van der Waals surface area (Å²) in [6, 6.07) is 9.81. The van der Waals surface area contributed by atoms with Crippen molar-refractivity contribution in [2.24, 2.45) is 5.41 Å². The molecule has 106 valence electrons. The SMILES string of the molecule is CC1(C)CCC(O)C(Oc2cccc3ncccc23)C1. The molecule has 3 rings (SSSR count). The number of aliphatic hydroxyl groups is 1. The number of hydrogen-bond donors (Lipinski definition) is 1. The van der Waals surface area contributed by atoms with Gasteiger partial charge in [0.15, 0.2) is 0 Å². The molecule has 2 atom stereocenters. The molecule has 1 aliphatic rings. The first-order valence-electron chi connectivity index (χ1n) is 7.24. The quantitative estimate of drug-likeness (QED) is 0.908. The average molecular weight is 271 g/mol. The minimum atomic E-state index is -0.380. The van der Waals surface area contributed by atoms with Gasteiger partial charge < -0.3 is 9.84 Å². The van der Waals surface area contributed by atoms with Gasteiger partial charge in [-0.3, -0.25) is 4.98 Å². The van der Waals surface area contributed by atoms with E-state index in [1.165, 1.54) is 0 Å². The third kappa shape index (κ3) is 2.63. The van der Waals surface area contributed by atoms with Gasteiger partial charge in [-0.15, -0.1) is 0 Å². The highest BCUT2D eigenvalue weighted by molar-refractivity contribution is 5.84. The predicted molar refractivity (Wildman–Crippen MR) is 79.8 cm³/mol. The molecule has 2 aromatic rings. The molecule has 1 aromatic carbocycles. The van der Waals surface area contributed by atoms with Gasteiger partial charge in [-0.25, -0.2) is 0 Å². The number of pyridine rings is 1. The fraction of sp³-hybridized carbons (Fsp3) is 0.471. The number of hydrogen-bond acceptors (Lipinski definition) is 3. The second kappa shape index (κ2) is 5.06. The van der Waals surface area contributed by atoms with Crippen LogP contribution in [0.2, 0.25) is 0 Å². The molecule has 3 heteroatoms. The summed E-state index contributed by atoms with van der Waals surface area (Å²) in [6.45, 7) is 4.47. The summed E-state index contributed by atoms with van der Waals surface area (Å²) in [6.07, 6.45) is 4.00. The Morgan fingerprint density at radius 1 is 1.25 bits per heavy atom. The average Bonchev–Trinajstić information content (AvgIpc) is 2.43. The molecule has 1 fully saturated rings. The van der Waals surface area contributed by atoms with E-state index >= 15 is 0 Å². The van der Waals surface area contributed by atoms with Crippen LogP contribution in [0.4, 0.5) is 0 Å². The van der Waals surface area contributed by atoms with Crippen molar-refractivity contribution < 1.29 is 9.84 Å². The molecule has 1 aliphatic carbocycles. The summed E-state index contributed by atoms with van der Waals surface area (Å²) in [5, 5.41) is 11.2. The molecule has 0 bridgehead atoms. The third-order valence-electron chi connectivity index (χ3n) is 4.18. The Labute approximate surface area is 119 Å². The summed E-state index contributed by atoms with van der Waals surface area (Å²) in [4.78, 5) is 4.34. The fourth-order valence-electron chi connectivity index (χ4n) is 2.97. The van der Waals surface area contributed by atoms with Crippen LogP contribution >= 0.6 is 0 Å². The summed E-state index contributed by atoms with van der Waals surface area (Å²) >= 11 is 0. The Morgan fingerprint density at radius 2 is 2.10 bits per heavy atom. The van der Waals surface area contributed by atoms with Gasteiger partial charge in [0.2, 0.25) is 0 Å². The van der Waals surface area contributed by atoms with Gasteiger partial charge in [0.25, 0.3) is 0 Å². The Balaban J connectivity index is 1.89. The smallest absolute Gasteiger partial charge is 0.129 e. The molecular formula is C17H21NO2. The maximum Gasteiger partial charge on any atom is 0.129 e. The lowest BCUT2D eigenvalue weighted by atomic mass is 9.75. The van der Waals surface area contributed by atoms with E-state index in [0.29, 0.717) is 0 Å². The Bertz CT molecular complexity index is 603. The fourth-order valence-corrected chi connectivity index (χ4v) is 2.97. The van der Waals surface area contributed by atoms with Crippen LogP contribution in [-0.4, -0.2) is 22.3 Å². The van der Waals surface area contributed by atoms with Crippen LogP contribution in [0.3, 0.4) is 0 Å². The molecule has 0 radical (unpaired) electrons. The van der Waals surface area contributed by atoms with Gasteiger partial charge in [0.1, 0.15) is 11.9 Å². The number of rotatable bonds is 2. The first-order valence-corrected chi connectivity index (χ1v) is 7.24. The lowest BCUT2D eigenvalue weighted by Gasteiger charge is -2.38. The highest BCUT2D eigenvalue weighted by Gasteiger charge is 2.35. The van der Waals surface area contributed by atoms with E-state index in [4.69, 9.17) is 4.74 Å². The number of fused-ring (bicyclic) bond motifs is 1. The highest BCUT2D eigenvalue weighted by atomic mass is 16.5. The van der Waals surface area contributed by atoms with E-state index < -0.39 is 0 Å². The number of nitrogens with zero attached hydrogens (tertiary/aromatic N) is 1. The molecule has 20 heavy (non-hydrogen) atoms. The molecule has 1 N–H and O–H groups in total. The predicted octanol–water partition coefficient (Wildman–Crippen LogP) is 3.55. The van der Waals surface area contributed by atoms with Crippen molar-refractivity contribution in [2.45, 2.75) is 45.3 Å². The maximum atomic E-state index is 10.2. The number of ether oxygens (including phenoxy) is 1. The molecule has 0 amide bonds. The molecule has 0 saturated heterocycles. The van der Waals surface area contributed by atoms with Gasteiger partial charge >= 0.3 is 0 Å². The first-order chi connectivity index (χ1) is 9.55. The Hall–Kier alpha value is -1.61. The van der Waals surface area contributed by atoms with E-state index in [9.17, 15) is 5.11 Å². The number of aliphatic hydroxyl groups excluding tert-OH is 1. The summed E-state index contributed by atoms with van der Waals surface area (Å²) in [5.41, 5.74) is 1.15. The minimum Gasteiger partial charge on any atom is -0.487 e. The zero-order valence-electron chi connectivity index (χ0n) is 12.0. The highest BCUT2D eigenvalue weighted by Crippen LogP contribution is 2.38. The van der Waals surface area contributed by atoms with Crippen molar-refractivity contribution in [3.8, 4) is 5.75 Å². The molecule has 3 nitrogen and oxygen atoms in total. The second-order valence-corrected chi connectivity index (χ2v) is 6.46. The van der Waals surface area contributed by atoms with Gasteiger partial charge in [-0.1, -0.05) is 19.9 Å². The molecule has 1 saturated carbocycles. The summed E-state index contributed by atoms with van der Waals surface area (Å²) < 4.78 is 6.13. The van der Waals surface area contributed by atoms with Crippen molar-refractivity contribution >= 4 is 10.9 Å². The van der Waals surface area contributed by atoms with Crippen LogP contribution in [0.5, 0.6) is 5.75 Å². The Kier molecular flexibility index (Phi) is 3.38. The zero-order valence-corrected chi connectivity index (χ0v) is 12.0. The topological polar surface area (TPSA) is 42.4 Å². The number of benzene rings is 1. The largest absolute Gasteiger partial charge is 0.487 e. The first kappa shape index (κ1) is 13.4. The van der Waals surface area contributed by atoms with E-state index in [0.717, 1.165) is 35.9 Å². The number of aromatic nitrogens is 1. The van der Waals surface area contributed by atoms with Gasteiger partial charge in [-0.2, -0.15) is 0 Å². The Morgan fingerprint density at radius 3 is 2.95 bits per heavy atom. The van der Waals surface area contributed by atoms with Gasteiger partial charge in [0.05, 0.1) is 11.6 Å². The van der Waals surface area contributed by atoms with Crippen LogP contribution in [0, 0.1) is 5.41 Å². The zero-order chi connectivity index (χ0) is 14.2. The maximum absolute atomic E-state index is 10.2. The van der Waals surface area contributed by atoms with Crippen LogP contribution in [0.15, 0.2) is 36.5 Å². The monoisotopic (exact) mass is 271 g/mol. The van der Waals surface area contributed by atoms with E-state index in [-0.39, 0.29) is 17.6 Å². The van der Waals surface area contributed by atoms with Gasteiger partial charge in [0, 0.05) is 11.6 Å². The molecule has 0 spiro atoms. The van der Waals surface area contributed by atoms with Crippen molar-refractivity contribution in [2.75, 3.05) is 0 Å². The van der Waals surface area contributed by atoms with Crippen LogP contribution in [0.1, 0.15) is 33.1 Å². The van der Waals surface area contributed by atoms with Crippen molar-refractivity contribution in [3.63, 3.8) is 0 Å². The normalized spacial score (nSPS) is 25.6. The molecule has 2 unspecified atom stereocenters. The molecular weight excluding hydrogens is 250 g/mol. The van der Waals surface area contributed by atoms with E-state index in [1.54, 1.807) is 6.20 Å². The minimum absolute atomic E-state index is 0.135. The van der Waals surface area contributed by atoms with Crippen LogP contribution in [0.25, 0.3) is 10.9 Å². The molecule has 0 aliphatic heterocycles. The van der Waals surface area contributed by atoms with Crippen molar-refractivity contribution in [1.82, 2.24) is 4.98 Å². The van der Waals surface area contributed by atoms with Crippen molar-refractivity contribution in [1.29, 1.82) is 0 Å². The van der Waals surface area contributed by atoms with Crippen molar-refractivity contribution in [3.05, 3.63) is 36.5 Å². The second-order valence-electron chi connectivity index (χ2n) is 6.46. The standard InChI is InChI=1S/C17H21NO2/c1-17(2)9-8-14(19)16(11-17)20-15-7-3-6-13-12(15)5-4-10-18-13/h3-7,10,14,16,19H,8-9,11H2,1-2H3. The van der Waals surface area contributed by atoms with Crippen LogP contribution in [-0.2, 0) is 0 Å². The van der Waals surface area contributed by atoms with E-state index in [1.807, 2.05) is 30.3 Å². The molecule has 1 aromatic heterocycles. The summed E-state index contributed by atoms with van der Waals surface area (Å²) in [5.74, 6) is 0.817. The van der Waals surface area contributed by atoms with Gasteiger partial charge in [-0.05, 0) is 48.9 Å². The lowest BCUT2D eigenvalue weighted by molar-refractivity contribution is -0.0297. The van der Waals surface area contributed by atoms with E-state index in [2.05, 4.69) is 18.8 Å². The third-order valence-corrected chi connectivity index (χ3v) is 4.18. The summed E-state index contributed by atoms with van der Waals surface area (Å²) in [7, 11) is 0.